The first-order valence-corrected chi connectivity index (χ1v) is 4.63. The summed E-state index contributed by atoms with van der Waals surface area (Å²) in [4.78, 5) is 8.17. The third-order valence-corrected chi connectivity index (χ3v) is 2.11. The summed E-state index contributed by atoms with van der Waals surface area (Å²) in [7, 11) is 0. The predicted octanol–water partition coefficient (Wildman–Crippen LogP) is 1.95. The van der Waals surface area contributed by atoms with Gasteiger partial charge in [0.25, 0.3) is 0 Å². The maximum Gasteiger partial charge on any atom is 0.302 e. The Morgan fingerprint density at radius 2 is 1.47 bits per heavy atom. The first-order valence-electron chi connectivity index (χ1n) is 4.63. The highest BCUT2D eigenvalue weighted by molar-refractivity contribution is 5.42. The topological polar surface area (TPSA) is 44.2 Å². The summed E-state index contributed by atoms with van der Waals surface area (Å²) in [6, 6.07) is 9.27. The molecule has 0 N–H and O–H groups in total. The molecule has 0 unspecified atom stereocenters. The van der Waals surface area contributed by atoms with E-state index in [1.807, 2.05) is 24.3 Å². The van der Waals surface area contributed by atoms with Crippen LogP contribution in [0, 0.1) is 0 Å². The van der Waals surface area contributed by atoms with Gasteiger partial charge >= 0.3 is 6.29 Å². The molecular weight excluding hydrogens is 192 g/mol. The molecule has 1 aromatic carbocycles. The largest absolute Gasteiger partial charge is 0.444 e. The van der Waals surface area contributed by atoms with Crippen LogP contribution in [-0.2, 0) is 0 Å². The number of fused-ring (bicyclic) bond motifs is 1. The molecule has 2 aromatic rings. The van der Waals surface area contributed by atoms with Crippen LogP contribution in [0.3, 0.4) is 0 Å². The van der Waals surface area contributed by atoms with Gasteiger partial charge in [0, 0.05) is 12.4 Å². The fourth-order valence-electron chi connectivity index (χ4n) is 1.44. The number of nitrogens with zero attached hydrogens (tertiary/aromatic N) is 2. The highest BCUT2D eigenvalue weighted by atomic mass is 16.7. The van der Waals surface area contributed by atoms with E-state index in [0.29, 0.717) is 5.82 Å². The molecule has 74 valence electrons. The predicted molar refractivity (Wildman–Crippen MR) is 52.5 cm³/mol. The van der Waals surface area contributed by atoms with Crippen molar-refractivity contribution < 1.29 is 9.47 Å². The van der Waals surface area contributed by atoms with E-state index < -0.39 is 6.29 Å². The second-order valence-electron chi connectivity index (χ2n) is 3.12. The lowest BCUT2D eigenvalue weighted by Crippen LogP contribution is -2.11. The molecule has 1 aliphatic heterocycles. The van der Waals surface area contributed by atoms with Crippen molar-refractivity contribution in [2.45, 2.75) is 6.29 Å². The number of rotatable bonds is 1. The van der Waals surface area contributed by atoms with Crippen LogP contribution in [0.1, 0.15) is 12.1 Å². The molecule has 0 saturated heterocycles. The highest BCUT2D eigenvalue weighted by Crippen LogP contribution is 2.38. The zero-order valence-electron chi connectivity index (χ0n) is 7.83. The van der Waals surface area contributed by atoms with Crippen molar-refractivity contribution in [2.24, 2.45) is 0 Å². The molecule has 3 rings (SSSR count). The van der Waals surface area contributed by atoms with Crippen LogP contribution in [0.5, 0.6) is 11.5 Å². The van der Waals surface area contributed by atoms with Crippen LogP contribution in [0.4, 0.5) is 0 Å². The quantitative estimate of drug-likeness (QED) is 0.705. The monoisotopic (exact) mass is 200 g/mol. The number of aromatic nitrogens is 2. The second kappa shape index (κ2) is 3.24. The maximum absolute atomic E-state index is 5.55. The van der Waals surface area contributed by atoms with Gasteiger partial charge in [0.1, 0.15) is 0 Å². The summed E-state index contributed by atoms with van der Waals surface area (Å²) in [6.07, 6.45) is 2.80. The van der Waals surface area contributed by atoms with E-state index in [0.717, 1.165) is 11.5 Å². The first kappa shape index (κ1) is 8.23. The maximum atomic E-state index is 5.55. The Labute approximate surface area is 86.5 Å². The van der Waals surface area contributed by atoms with Gasteiger partial charge in [0.2, 0.25) is 5.82 Å². The molecule has 0 aliphatic carbocycles. The normalized spacial score (nSPS) is 14.1. The molecule has 0 radical (unpaired) electrons. The SMILES string of the molecule is c1cnc(C2Oc3ccccc3O2)nc1. The molecular formula is C11H8N2O2. The summed E-state index contributed by atoms with van der Waals surface area (Å²) in [5.74, 6) is 2.00. The molecule has 0 saturated carbocycles. The molecule has 15 heavy (non-hydrogen) atoms. The van der Waals surface area contributed by atoms with E-state index in [2.05, 4.69) is 9.97 Å². The Morgan fingerprint density at radius 3 is 2.07 bits per heavy atom. The summed E-state index contributed by atoms with van der Waals surface area (Å²) < 4.78 is 11.1. The second-order valence-corrected chi connectivity index (χ2v) is 3.12. The fourth-order valence-corrected chi connectivity index (χ4v) is 1.44. The molecule has 4 heteroatoms. The van der Waals surface area contributed by atoms with Crippen LogP contribution >= 0.6 is 0 Å². The van der Waals surface area contributed by atoms with Crippen molar-refractivity contribution in [2.75, 3.05) is 0 Å². The van der Waals surface area contributed by atoms with Crippen molar-refractivity contribution in [3.63, 3.8) is 0 Å². The molecule has 0 atom stereocenters. The standard InChI is InChI=1S/C11H8N2O2/c1-2-5-9-8(4-1)14-11(15-9)10-12-6-3-7-13-10/h1-7,11H. The summed E-state index contributed by atoms with van der Waals surface area (Å²) >= 11 is 0. The fraction of sp³-hybridized carbons (Fsp3) is 0.0909. The van der Waals surface area contributed by atoms with Gasteiger partial charge in [0.15, 0.2) is 11.5 Å². The molecule has 0 bridgehead atoms. The number of hydrogen-bond acceptors (Lipinski definition) is 4. The lowest BCUT2D eigenvalue weighted by molar-refractivity contribution is 0.0404. The summed E-state index contributed by atoms with van der Waals surface area (Å²) in [5, 5.41) is 0. The van der Waals surface area contributed by atoms with Crippen LogP contribution in [0.15, 0.2) is 42.7 Å². The lowest BCUT2D eigenvalue weighted by atomic mass is 10.3. The van der Waals surface area contributed by atoms with Gasteiger partial charge in [-0.1, -0.05) is 12.1 Å². The van der Waals surface area contributed by atoms with Gasteiger partial charge in [-0.2, -0.15) is 0 Å². The van der Waals surface area contributed by atoms with Gasteiger partial charge in [0.05, 0.1) is 0 Å². The van der Waals surface area contributed by atoms with Gasteiger partial charge in [-0.25, -0.2) is 9.97 Å². The van der Waals surface area contributed by atoms with E-state index >= 15 is 0 Å². The van der Waals surface area contributed by atoms with Crippen molar-refractivity contribution in [3.05, 3.63) is 48.5 Å². The van der Waals surface area contributed by atoms with Crippen LogP contribution in [0.25, 0.3) is 0 Å². The number of benzene rings is 1. The zero-order valence-corrected chi connectivity index (χ0v) is 7.83. The Kier molecular flexibility index (Phi) is 1.78. The molecule has 0 amide bonds. The van der Waals surface area contributed by atoms with E-state index in [1.165, 1.54) is 0 Å². The highest BCUT2D eigenvalue weighted by Gasteiger charge is 2.27. The van der Waals surface area contributed by atoms with Crippen molar-refractivity contribution in [1.82, 2.24) is 9.97 Å². The number of para-hydroxylation sites is 2. The van der Waals surface area contributed by atoms with E-state index in [4.69, 9.17) is 9.47 Å². The molecule has 0 spiro atoms. The first-order chi connectivity index (χ1) is 7.43. The Balaban J connectivity index is 1.91. The minimum Gasteiger partial charge on any atom is -0.444 e. The minimum atomic E-state index is -0.524. The molecule has 4 nitrogen and oxygen atoms in total. The molecule has 1 aromatic heterocycles. The molecule has 0 fully saturated rings. The van der Waals surface area contributed by atoms with Gasteiger partial charge in [-0.3, -0.25) is 0 Å². The van der Waals surface area contributed by atoms with Gasteiger partial charge in [-0.15, -0.1) is 0 Å². The third kappa shape index (κ3) is 1.40. The van der Waals surface area contributed by atoms with Gasteiger partial charge in [-0.05, 0) is 18.2 Å². The van der Waals surface area contributed by atoms with E-state index in [-0.39, 0.29) is 0 Å². The Bertz CT molecular complexity index is 448. The summed E-state index contributed by atoms with van der Waals surface area (Å²) in [6.45, 7) is 0. The average Bonchev–Trinajstić information content (AvgIpc) is 2.74. The van der Waals surface area contributed by atoms with E-state index in [9.17, 15) is 0 Å². The van der Waals surface area contributed by atoms with E-state index in [1.54, 1.807) is 18.5 Å². The molecule has 2 heterocycles. The van der Waals surface area contributed by atoms with Crippen molar-refractivity contribution in [3.8, 4) is 11.5 Å². The van der Waals surface area contributed by atoms with Crippen LogP contribution in [-0.4, -0.2) is 9.97 Å². The summed E-state index contributed by atoms with van der Waals surface area (Å²) in [5.41, 5.74) is 0. The smallest absolute Gasteiger partial charge is 0.302 e. The van der Waals surface area contributed by atoms with Gasteiger partial charge < -0.3 is 9.47 Å². The van der Waals surface area contributed by atoms with Crippen molar-refractivity contribution >= 4 is 0 Å². The van der Waals surface area contributed by atoms with Crippen LogP contribution in [0.2, 0.25) is 0 Å². The lowest BCUT2D eigenvalue weighted by Gasteiger charge is -2.06. The Hall–Kier alpha value is -2.10. The average molecular weight is 200 g/mol. The minimum absolute atomic E-state index is 0.524. The number of ether oxygens (including phenoxy) is 2. The Morgan fingerprint density at radius 1 is 0.867 bits per heavy atom. The van der Waals surface area contributed by atoms with Crippen molar-refractivity contribution in [1.29, 1.82) is 0 Å². The third-order valence-electron chi connectivity index (χ3n) is 2.11. The van der Waals surface area contributed by atoms with Crippen LogP contribution < -0.4 is 9.47 Å². The number of hydrogen-bond donors (Lipinski definition) is 0. The zero-order chi connectivity index (χ0) is 10.1. The molecule has 1 aliphatic rings.